The molecule has 5 heterocycles. The molecule has 1 spiro atoms. The molecule has 5 aliphatic carbocycles. The smallest absolute Gasteiger partial charge is 0.340 e. The fraction of sp³-hybridized carbons (Fsp3) is 0.500. The van der Waals surface area contributed by atoms with Crippen molar-refractivity contribution >= 4 is 17.5 Å². The second kappa shape index (κ2) is 22.7. The molecule has 0 unspecified atom stereocenters. The molecule has 11 atom stereocenters. The first-order valence-electron chi connectivity index (χ1n) is 30.1. The molecule has 416 valence electrons. The average molecular weight is 1070 g/mol. The first kappa shape index (κ1) is 54.0. The number of phenolic OH excluding ortho intramolecular Hbond substituents is 1. The highest BCUT2D eigenvalue weighted by molar-refractivity contribution is 6.07. The molecule has 4 aromatic carbocycles. The number of phenols is 1. The van der Waals surface area contributed by atoms with Crippen LogP contribution in [0.2, 0.25) is 0 Å². The minimum absolute atomic E-state index is 0.00448. The molecule has 2 saturated carbocycles. The predicted molar refractivity (Wildman–Crippen MR) is 309 cm³/mol. The van der Waals surface area contributed by atoms with E-state index in [1.807, 2.05) is 32.2 Å². The lowest BCUT2D eigenvalue weighted by Gasteiger charge is -2.56. The third-order valence-electron chi connectivity index (χ3n) is 20.3. The zero-order valence-electron chi connectivity index (χ0n) is 46.6. The number of carbonyl (C=O) groups is 2. The lowest BCUT2D eigenvalue weighted by atomic mass is 9.44. The predicted octanol–water partition coefficient (Wildman–Crippen LogP) is 10.7. The molecule has 10 aliphatic rings. The maximum Gasteiger partial charge on any atom is 0.340 e. The summed E-state index contributed by atoms with van der Waals surface area (Å²) in [4.78, 5) is 30.5. The number of cyclic esters (lactones) is 1. The van der Waals surface area contributed by atoms with E-state index in [0.29, 0.717) is 55.4 Å². The average Bonchev–Trinajstić information content (AvgIpc) is 4.08. The van der Waals surface area contributed by atoms with Crippen molar-refractivity contribution in [3.05, 3.63) is 165 Å². The van der Waals surface area contributed by atoms with Crippen LogP contribution in [0, 0.1) is 46.3 Å². The number of rotatable bonds is 12. The van der Waals surface area contributed by atoms with Crippen LogP contribution in [0.5, 0.6) is 5.75 Å². The van der Waals surface area contributed by atoms with E-state index >= 15 is 9.59 Å². The molecule has 79 heavy (non-hydrogen) atoms. The Labute approximate surface area is 467 Å². The first-order chi connectivity index (χ1) is 38.5. The van der Waals surface area contributed by atoms with E-state index in [0.717, 1.165) is 129 Å². The molecule has 11 heteroatoms. The second-order valence-electron chi connectivity index (χ2n) is 24.8. The Kier molecular flexibility index (Phi) is 15.5. The molecule has 0 amide bonds. The van der Waals surface area contributed by atoms with Crippen LogP contribution < -0.4 is 21.3 Å². The molecule has 0 aromatic heterocycles. The number of esters is 2. The number of benzene rings is 4. The number of piperidine rings is 1. The van der Waals surface area contributed by atoms with E-state index < -0.39 is 11.5 Å². The Hall–Kier alpha value is -5.66. The van der Waals surface area contributed by atoms with Crippen molar-refractivity contribution in [2.24, 2.45) is 46.3 Å². The number of aromatic hydroxyl groups is 1. The van der Waals surface area contributed by atoms with Crippen LogP contribution in [-0.2, 0) is 44.9 Å². The van der Waals surface area contributed by atoms with Gasteiger partial charge >= 0.3 is 11.9 Å². The summed E-state index contributed by atoms with van der Waals surface area (Å²) in [6.07, 6.45) is 17.1. The third kappa shape index (κ3) is 10.1. The fourth-order valence-corrected chi connectivity index (χ4v) is 16.6. The maximum atomic E-state index is 15.3. The number of hydrogen-bond donors (Lipinski definition) is 7. The quantitative estimate of drug-likeness (QED) is 0.0677. The normalized spacial score (nSPS) is 30.6. The van der Waals surface area contributed by atoms with Crippen molar-refractivity contribution in [2.45, 2.75) is 135 Å². The van der Waals surface area contributed by atoms with E-state index in [9.17, 15) is 15.3 Å². The molecule has 0 radical (unpaired) electrons. The highest BCUT2D eigenvalue weighted by Crippen LogP contribution is 2.72. The minimum atomic E-state index is -0.899. The van der Waals surface area contributed by atoms with Gasteiger partial charge in [0.15, 0.2) is 0 Å². The Balaban J connectivity index is 1.03. The number of aryl methyl sites for hydroxylation is 1. The van der Waals surface area contributed by atoms with Crippen molar-refractivity contribution in [3.8, 4) is 16.9 Å². The molecule has 2 saturated heterocycles. The third-order valence-corrected chi connectivity index (χ3v) is 20.3. The summed E-state index contributed by atoms with van der Waals surface area (Å²) in [5.74, 6) is 1.35. The van der Waals surface area contributed by atoms with Crippen LogP contribution >= 0.6 is 0 Å². The van der Waals surface area contributed by atoms with Gasteiger partial charge in [-0.3, -0.25) is 0 Å². The van der Waals surface area contributed by atoms with Crippen LogP contribution in [0.3, 0.4) is 0 Å². The van der Waals surface area contributed by atoms with Crippen molar-refractivity contribution < 1.29 is 34.4 Å². The zero-order valence-corrected chi connectivity index (χ0v) is 46.6. The second-order valence-corrected chi connectivity index (χ2v) is 24.8. The Morgan fingerprint density at radius 1 is 0.873 bits per heavy atom. The standard InChI is InChI=1S/C68H82N4O7/c1-4-42(32-43-10-6-5-7-11-43)35-58-68-28-22-52-53-19-20-54-57(78-65(76)61(54)62(53)68)23-27-67(49-25-30-71-59(36-49)69-3)26-21-48(38-67)64(72-39-41(2)74)55-34-44(15-16-46(55)14-9-31-73)24-29-70-40-45-12-8-13-47(33-45)51-18-17-50(75)37-56(51)60(52)63(68)66(77)79-58/h5-8,10-13,15-18,23,33-35,37,41-42,48-49,52-53,59,62,64,69-75H,4,9,14,19-22,24-32,36,38-40H2,1-3H3/b57-23?,58-35-/t41-,42-,48-,49+,52+,53-,59-,62+,64-,67+,68+/m0/s1. The van der Waals surface area contributed by atoms with Crippen LogP contribution in [0.25, 0.3) is 16.7 Å². The number of aliphatic hydroxyl groups excluding tert-OH is 2. The van der Waals surface area contributed by atoms with E-state index in [1.54, 1.807) is 6.07 Å². The molecule has 14 rings (SSSR count). The van der Waals surface area contributed by atoms with Gasteiger partial charge in [0.1, 0.15) is 17.3 Å². The molecular weight excluding hydrogens is 985 g/mol. The van der Waals surface area contributed by atoms with Crippen molar-refractivity contribution in [3.63, 3.8) is 0 Å². The molecule has 4 aromatic rings. The molecule has 14 bridgehead atoms. The number of fused-ring (bicyclic) bond motifs is 5. The highest BCUT2D eigenvalue weighted by atomic mass is 16.6. The number of nitrogens with one attached hydrogen (secondary N) is 4. The summed E-state index contributed by atoms with van der Waals surface area (Å²) in [6.45, 7) is 7.01. The largest absolute Gasteiger partial charge is 0.508 e. The van der Waals surface area contributed by atoms with E-state index in [-0.39, 0.29) is 71.5 Å². The van der Waals surface area contributed by atoms with Gasteiger partial charge in [0.2, 0.25) is 0 Å². The molecule has 5 aliphatic heterocycles. The van der Waals surface area contributed by atoms with Crippen molar-refractivity contribution in [1.82, 2.24) is 21.3 Å². The van der Waals surface area contributed by atoms with Crippen molar-refractivity contribution in [1.29, 1.82) is 0 Å². The van der Waals surface area contributed by atoms with Gasteiger partial charge in [-0.25, -0.2) is 9.59 Å². The van der Waals surface area contributed by atoms with Crippen LogP contribution in [-0.4, -0.2) is 72.8 Å². The Morgan fingerprint density at radius 3 is 2.57 bits per heavy atom. The summed E-state index contributed by atoms with van der Waals surface area (Å²) in [5, 5.41) is 47.4. The van der Waals surface area contributed by atoms with Crippen molar-refractivity contribution in [2.75, 3.05) is 33.3 Å². The van der Waals surface area contributed by atoms with Gasteiger partial charge in [0, 0.05) is 42.8 Å². The van der Waals surface area contributed by atoms with E-state index in [2.05, 4.69) is 107 Å². The van der Waals surface area contributed by atoms with Gasteiger partial charge in [0.05, 0.1) is 23.3 Å². The lowest BCUT2D eigenvalue weighted by Crippen LogP contribution is -2.52. The van der Waals surface area contributed by atoms with Crippen LogP contribution in [0.15, 0.2) is 131 Å². The summed E-state index contributed by atoms with van der Waals surface area (Å²) in [6, 6.07) is 31.7. The number of hydrogen-bond acceptors (Lipinski definition) is 11. The van der Waals surface area contributed by atoms with Gasteiger partial charge in [-0.2, -0.15) is 0 Å². The molecule has 11 nitrogen and oxygen atoms in total. The number of aliphatic hydroxyl groups is 2. The summed E-state index contributed by atoms with van der Waals surface area (Å²) in [5.41, 5.74) is 11.3. The monoisotopic (exact) mass is 1070 g/mol. The minimum Gasteiger partial charge on any atom is -0.508 e. The molecule has 7 N–H and O–H groups in total. The van der Waals surface area contributed by atoms with E-state index in [1.165, 1.54) is 22.3 Å². The Morgan fingerprint density at radius 2 is 1.75 bits per heavy atom. The van der Waals surface area contributed by atoms with E-state index in [4.69, 9.17) is 9.47 Å². The van der Waals surface area contributed by atoms with Gasteiger partial charge in [-0.05, 0) is 239 Å². The van der Waals surface area contributed by atoms with Gasteiger partial charge in [-0.15, -0.1) is 0 Å². The highest BCUT2D eigenvalue weighted by Gasteiger charge is 2.68. The summed E-state index contributed by atoms with van der Waals surface area (Å²) in [7, 11) is 2.05. The molecule has 4 fully saturated rings. The van der Waals surface area contributed by atoms with Crippen LogP contribution in [0.4, 0.5) is 0 Å². The lowest BCUT2D eigenvalue weighted by molar-refractivity contribution is -0.135. The summed E-state index contributed by atoms with van der Waals surface area (Å²) < 4.78 is 13.4. The maximum absolute atomic E-state index is 15.3. The SMILES string of the molecule is CC[C@H](/C=C1\OC(=O)C2=C3c4cc(O)ccc4-c4cccc(c4)CNCCc4ccc(CCCO)c(c4)[C@@H](NC[C@H](C)O)[C@H]4CC[C@@]([C@@H]5CCN[C@H](NC)C5)(CC=C5OC(=O)C6=C5CC[C@H]5[C@H]3CC[C@@]21[C@@H]65)C4)Cc1ccccc1. The first-order valence-corrected chi connectivity index (χ1v) is 30.1. The molecular formula is C68H82N4O7. The number of carbonyl (C=O) groups excluding carboxylic acids is 2. The van der Waals surface area contributed by atoms with Gasteiger partial charge < -0.3 is 46.1 Å². The number of ether oxygens (including phenoxy) is 2. The zero-order chi connectivity index (χ0) is 54.4. The Bertz CT molecular complexity index is 3090. The van der Waals surface area contributed by atoms with Gasteiger partial charge in [0.25, 0.3) is 0 Å². The van der Waals surface area contributed by atoms with Gasteiger partial charge in [-0.1, -0.05) is 79.7 Å². The van der Waals surface area contributed by atoms with Crippen LogP contribution in [0.1, 0.15) is 130 Å². The number of allylic oxidation sites excluding steroid dienone is 5. The summed E-state index contributed by atoms with van der Waals surface area (Å²) >= 11 is 0. The fourth-order valence-electron chi connectivity index (χ4n) is 16.6. The topological polar surface area (TPSA) is 161 Å².